The van der Waals surface area contributed by atoms with Crippen molar-refractivity contribution in [2.45, 2.75) is 11.8 Å². The van der Waals surface area contributed by atoms with Gasteiger partial charge in [-0.05, 0) is 40.6 Å². The van der Waals surface area contributed by atoms with Gasteiger partial charge in [-0.1, -0.05) is 60.7 Å². The largest absolute Gasteiger partial charge is 0.496 e. The van der Waals surface area contributed by atoms with Gasteiger partial charge in [-0.15, -0.1) is 0 Å². The van der Waals surface area contributed by atoms with Crippen molar-refractivity contribution in [3.63, 3.8) is 0 Å². The van der Waals surface area contributed by atoms with Crippen LogP contribution in [0.25, 0.3) is 32.7 Å². The van der Waals surface area contributed by atoms with E-state index in [1.54, 1.807) is 20.1 Å². The second-order valence-corrected chi connectivity index (χ2v) is 7.97. The van der Waals surface area contributed by atoms with Crippen LogP contribution in [0.5, 0.6) is 5.75 Å². The van der Waals surface area contributed by atoms with Crippen LogP contribution in [-0.4, -0.2) is 22.1 Å². The molecule has 0 aliphatic carbocycles. The van der Waals surface area contributed by atoms with Gasteiger partial charge in [0, 0.05) is 11.1 Å². The second-order valence-electron chi connectivity index (χ2n) is 6.38. The summed E-state index contributed by atoms with van der Waals surface area (Å²) in [4.78, 5) is 0.141. The van der Waals surface area contributed by atoms with Crippen LogP contribution < -0.4 is 4.74 Å². The van der Waals surface area contributed by atoms with Crippen molar-refractivity contribution in [2.75, 3.05) is 13.7 Å². The summed E-state index contributed by atoms with van der Waals surface area (Å²) < 4.78 is 36.7. The van der Waals surface area contributed by atoms with Gasteiger partial charge >= 0.3 is 0 Å². The predicted octanol–water partition coefficient (Wildman–Crippen LogP) is 5.39. The molecule has 0 unspecified atom stereocenters. The van der Waals surface area contributed by atoms with Gasteiger partial charge in [-0.2, -0.15) is 8.42 Å². The summed E-state index contributed by atoms with van der Waals surface area (Å²) in [5.74, 6) is 0.614. The van der Waals surface area contributed by atoms with Gasteiger partial charge in [-0.3, -0.25) is 4.18 Å². The Balaban J connectivity index is 2.22. The zero-order valence-electron chi connectivity index (χ0n) is 15.7. The van der Waals surface area contributed by atoms with E-state index in [2.05, 4.69) is 0 Å². The van der Waals surface area contributed by atoms with Crippen molar-refractivity contribution in [1.29, 1.82) is 0 Å². The molecule has 0 saturated heterocycles. The molecule has 0 fully saturated rings. The fourth-order valence-corrected chi connectivity index (χ4v) is 4.75. The molecule has 0 aliphatic heterocycles. The molecule has 4 rings (SSSR count). The first-order valence-corrected chi connectivity index (χ1v) is 10.4. The van der Waals surface area contributed by atoms with E-state index >= 15 is 0 Å². The van der Waals surface area contributed by atoms with Gasteiger partial charge < -0.3 is 4.74 Å². The van der Waals surface area contributed by atoms with Gasteiger partial charge in [0.1, 0.15) is 10.6 Å². The number of hydrogen-bond donors (Lipinski definition) is 0. The Morgan fingerprint density at radius 2 is 1.32 bits per heavy atom. The molecular formula is C23H20O4S. The van der Waals surface area contributed by atoms with E-state index in [-0.39, 0.29) is 11.5 Å². The summed E-state index contributed by atoms with van der Waals surface area (Å²) in [6.07, 6.45) is 0. The lowest BCUT2D eigenvalue weighted by atomic mass is 9.93. The maximum atomic E-state index is 12.9. The Hall–Kier alpha value is -2.89. The van der Waals surface area contributed by atoms with Crippen molar-refractivity contribution >= 4 is 31.7 Å². The zero-order valence-corrected chi connectivity index (χ0v) is 16.5. The van der Waals surface area contributed by atoms with Crippen molar-refractivity contribution in [1.82, 2.24) is 0 Å². The Kier molecular flexibility index (Phi) is 4.79. The van der Waals surface area contributed by atoms with Crippen molar-refractivity contribution in [2.24, 2.45) is 0 Å². The molecule has 4 nitrogen and oxygen atoms in total. The van der Waals surface area contributed by atoms with E-state index in [0.29, 0.717) is 11.3 Å². The van der Waals surface area contributed by atoms with E-state index in [1.165, 1.54) is 0 Å². The van der Waals surface area contributed by atoms with Crippen LogP contribution in [0.3, 0.4) is 0 Å². The maximum absolute atomic E-state index is 12.9. The van der Waals surface area contributed by atoms with Gasteiger partial charge in [0.2, 0.25) is 0 Å². The Morgan fingerprint density at radius 3 is 1.93 bits per heavy atom. The van der Waals surface area contributed by atoms with E-state index in [0.717, 1.165) is 27.1 Å². The van der Waals surface area contributed by atoms with E-state index in [1.807, 2.05) is 66.7 Å². The van der Waals surface area contributed by atoms with Crippen LogP contribution in [0.15, 0.2) is 77.7 Å². The average molecular weight is 392 g/mol. The van der Waals surface area contributed by atoms with Crippen LogP contribution in [-0.2, 0) is 14.3 Å². The number of rotatable bonds is 5. The fraction of sp³-hybridized carbons (Fsp3) is 0.130. The lowest BCUT2D eigenvalue weighted by molar-refractivity contribution is 0.338. The maximum Gasteiger partial charge on any atom is 0.297 e. The smallest absolute Gasteiger partial charge is 0.297 e. The summed E-state index contributed by atoms with van der Waals surface area (Å²) in [5.41, 5.74) is 1.34. The quantitative estimate of drug-likeness (QED) is 0.427. The second kappa shape index (κ2) is 7.26. The summed E-state index contributed by atoms with van der Waals surface area (Å²) >= 11 is 0. The van der Waals surface area contributed by atoms with Crippen LogP contribution in [0, 0.1) is 0 Å². The molecule has 0 bridgehead atoms. The van der Waals surface area contributed by atoms with Gasteiger partial charge in [0.15, 0.2) is 0 Å². The normalized spacial score (nSPS) is 11.8. The van der Waals surface area contributed by atoms with Crippen molar-refractivity contribution in [3.05, 3.63) is 72.8 Å². The molecule has 0 radical (unpaired) electrons. The molecule has 0 saturated carbocycles. The molecule has 5 heteroatoms. The van der Waals surface area contributed by atoms with Crippen LogP contribution >= 0.6 is 0 Å². The van der Waals surface area contributed by atoms with Gasteiger partial charge in [0.25, 0.3) is 10.1 Å². The highest BCUT2D eigenvalue weighted by atomic mass is 32.2. The highest BCUT2D eigenvalue weighted by Gasteiger charge is 2.25. The SMILES string of the molecule is CCOS(=O)(=O)c1ccc2ccccc2c1-c1c(OC)ccc2ccccc12. The molecule has 0 spiro atoms. The topological polar surface area (TPSA) is 52.6 Å². The Labute approximate surface area is 164 Å². The standard InChI is InChI=1S/C23H20O4S/c1-3-27-28(24,25)21-15-13-17-9-5-7-11-19(17)23(21)22-18-10-6-4-8-16(18)12-14-20(22)26-2/h4-15H,3H2,1-2H3. The summed E-state index contributed by atoms with van der Waals surface area (Å²) in [5, 5.41) is 3.71. The number of ether oxygens (including phenoxy) is 1. The van der Waals surface area contributed by atoms with Gasteiger partial charge in [-0.25, -0.2) is 0 Å². The Morgan fingerprint density at radius 1 is 0.750 bits per heavy atom. The molecule has 0 heterocycles. The average Bonchev–Trinajstić information content (AvgIpc) is 2.72. The third-order valence-corrected chi connectivity index (χ3v) is 6.22. The highest BCUT2D eigenvalue weighted by molar-refractivity contribution is 7.87. The van der Waals surface area contributed by atoms with E-state index in [9.17, 15) is 8.42 Å². The zero-order chi connectivity index (χ0) is 19.7. The first kappa shape index (κ1) is 18.5. The van der Waals surface area contributed by atoms with E-state index < -0.39 is 10.1 Å². The predicted molar refractivity (Wildman–Crippen MR) is 112 cm³/mol. The number of methoxy groups -OCH3 is 1. The number of hydrogen-bond acceptors (Lipinski definition) is 4. The highest BCUT2D eigenvalue weighted by Crippen LogP contribution is 2.44. The lowest BCUT2D eigenvalue weighted by Crippen LogP contribution is -2.08. The van der Waals surface area contributed by atoms with Crippen molar-refractivity contribution < 1.29 is 17.3 Å². The molecule has 4 aromatic carbocycles. The number of fused-ring (bicyclic) bond motifs is 2. The molecule has 142 valence electrons. The fourth-order valence-electron chi connectivity index (χ4n) is 3.62. The summed E-state index contributed by atoms with van der Waals surface area (Å²) in [6.45, 7) is 1.73. The minimum atomic E-state index is -3.93. The lowest BCUT2D eigenvalue weighted by Gasteiger charge is -2.18. The molecule has 28 heavy (non-hydrogen) atoms. The van der Waals surface area contributed by atoms with Gasteiger partial charge in [0.05, 0.1) is 13.7 Å². The minimum absolute atomic E-state index is 0.0707. The first-order chi connectivity index (χ1) is 13.6. The minimum Gasteiger partial charge on any atom is -0.496 e. The van der Waals surface area contributed by atoms with Crippen LogP contribution in [0.4, 0.5) is 0 Å². The third kappa shape index (κ3) is 3.03. The third-order valence-electron chi connectivity index (χ3n) is 4.79. The molecular weight excluding hydrogens is 372 g/mol. The molecule has 0 N–H and O–H groups in total. The summed E-state index contributed by atoms with van der Waals surface area (Å²) in [7, 11) is -2.34. The number of benzene rings is 4. The van der Waals surface area contributed by atoms with E-state index in [4.69, 9.17) is 8.92 Å². The monoisotopic (exact) mass is 392 g/mol. The van der Waals surface area contributed by atoms with Crippen LogP contribution in [0.1, 0.15) is 6.92 Å². The first-order valence-electron chi connectivity index (χ1n) is 9.04. The molecule has 4 aromatic rings. The molecule has 0 amide bonds. The van der Waals surface area contributed by atoms with Crippen LogP contribution in [0.2, 0.25) is 0 Å². The summed E-state index contributed by atoms with van der Waals surface area (Å²) in [6, 6.07) is 22.9. The molecule has 0 aliphatic rings. The Bertz CT molecular complexity index is 1280. The van der Waals surface area contributed by atoms with Crippen molar-refractivity contribution in [3.8, 4) is 16.9 Å². The molecule has 0 aromatic heterocycles. The molecule has 0 atom stereocenters.